The number of aryl methyl sites for hydroxylation is 1. The third-order valence-electron chi connectivity index (χ3n) is 3.53. The number of rotatable bonds is 3. The van der Waals surface area contributed by atoms with E-state index < -0.39 is 36.2 Å². The molecule has 1 aliphatic heterocycles. The largest absolute Gasteiger partial charge is 0.480 e. The third kappa shape index (κ3) is 4.47. The maximum absolute atomic E-state index is 12.7. The molecule has 0 aromatic heterocycles. The zero-order chi connectivity index (χ0) is 17.9. The lowest BCUT2D eigenvalue weighted by molar-refractivity contribution is -0.136. The van der Waals surface area contributed by atoms with Gasteiger partial charge >= 0.3 is 12.1 Å². The fraction of sp³-hybridized carbons (Fsp3) is 0.471. The van der Waals surface area contributed by atoms with E-state index in [1.54, 1.807) is 32.9 Å². The Kier molecular flexibility index (Phi) is 5.11. The summed E-state index contributed by atoms with van der Waals surface area (Å²) in [5.41, 5.74) is 0.765. The molecule has 0 aliphatic carbocycles. The van der Waals surface area contributed by atoms with Crippen LogP contribution in [0.5, 0.6) is 0 Å². The molecule has 0 fully saturated rings. The van der Waals surface area contributed by atoms with E-state index in [1.165, 1.54) is 4.90 Å². The van der Waals surface area contributed by atoms with Gasteiger partial charge in [0.15, 0.2) is 0 Å². The van der Waals surface area contributed by atoms with Gasteiger partial charge in [-0.15, -0.1) is 0 Å². The van der Waals surface area contributed by atoms with Crippen molar-refractivity contribution in [1.82, 2.24) is 5.32 Å². The van der Waals surface area contributed by atoms with Gasteiger partial charge < -0.3 is 15.2 Å². The Labute approximate surface area is 140 Å². The van der Waals surface area contributed by atoms with E-state index in [-0.39, 0.29) is 0 Å². The van der Waals surface area contributed by atoms with Crippen LogP contribution >= 0.6 is 0 Å². The average molecular weight is 334 g/mol. The predicted molar refractivity (Wildman–Crippen MR) is 87.9 cm³/mol. The SMILES string of the molecule is CC(C)(C)OC(=O)N[C@@H]1CCc2ccccc2N(CC(=O)O)C1=O. The number of hydrogen-bond acceptors (Lipinski definition) is 4. The van der Waals surface area contributed by atoms with E-state index in [0.717, 1.165) is 5.56 Å². The van der Waals surface area contributed by atoms with Crippen LogP contribution in [0.25, 0.3) is 0 Å². The normalized spacial score (nSPS) is 17.7. The Balaban J connectivity index is 2.23. The molecule has 0 unspecified atom stereocenters. The number of carbonyl (C=O) groups excluding carboxylic acids is 2. The molecule has 130 valence electrons. The number of carbonyl (C=O) groups is 3. The Hall–Kier alpha value is -2.57. The lowest BCUT2D eigenvalue weighted by atomic mass is 10.1. The second-order valence-corrected chi connectivity index (χ2v) is 6.68. The Bertz CT molecular complexity index is 651. The van der Waals surface area contributed by atoms with Crippen molar-refractivity contribution >= 4 is 23.7 Å². The van der Waals surface area contributed by atoms with E-state index in [4.69, 9.17) is 9.84 Å². The third-order valence-corrected chi connectivity index (χ3v) is 3.53. The Morgan fingerprint density at radius 3 is 2.62 bits per heavy atom. The van der Waals surface area contributed by atoms with Gasteiger partial charge in [-0.2, -0.15) is 0 Å². The molecule has 1 aromatic carbocycles. The molecular weight excluding hydrogens is 312 g/mol. The van der Waals surface area contributed by atoms with Crippen LogP contribution in [-0.2, 0) is 20.7 Å². The number of anilines is 1. The van der Waals surface area contributed by atoms with Crippen molar-refractivity contribution in [2.75, 3.05) is 11.4 Å². The fourth-order valence-corrected chi connectivity index (χ4v) is 2.60. The van der Waals surface area contributed by atoms with Gasteiger partial charge in [0.25, 0.3) is 0 Å². The van der Waals surface area contributed by atoms with Crippen LogP contribution in [0.3, 0.4) is 0 Å². The van der Waals surface area contributed by atoms with Crippen LogP contribution in [-0.4, -0.2) is 41.3 Å². The molecule has 2 N–H and O–H groups in total. The van der Waals surface area contributed by atoms with Gasteiger partial charge in [-0.05, 0) is 45.2 Å². The number of ether oxygens (including phenoxy) is 1. The highest BCUT2D eigenvalue weighted by Crippen LogP contribution is 2.27. The first kappa shape index (κ1) is 17.8. The topological polar surface area (TPSA) is 95.9 Å². The molecule has 24 heavy (non-hydrogen) atoms. The predicted octanol–water partition coefficient (Wildman–Crippen LogP) is 1.94. The number of fused-ring (bicyclic) bond motifs is 1. The van der Waals surface area contributed by atoms with Gasteiger partial charge in [0.05, 0.1) is 0 Å². The molecule has 1 aromatic rings. The number of para-hydroxylation sites is 1. The van der Waals surface area contributed by atoms with Crippen LogP contribution in [0.1, 0.15) is 32.8 Å². The highest BCUT2D eigenvalue weighted by Gasteiger charge is 2.33. The molecule has 1 heterocycles. The van der Waals surface area contributed by atoms with Crippen molar-refractivity contribution in [3.8, 4) is 0 Å². The summed E-state index contributed by atoms with van der Waals surface area (Å²) < 4.78 is 5.19. The quantitative estimate of drug-likeness (QED) is 0.881. The second kappa shape index (κ2) is 6.90. The molecule has 0 saturated carbocycles. The van der Waals surface area contributed by atoms with E-state index in [1.807, 2.05) is 12.1 Å². The maximum Gasteiger partial charge on any atom is 0.408 e. The molecule has 0 bridgehead atoms. The molecule has 0 saturated heterocycles. The summed E-state index contributed by atoms with van der Waals surface area (Å²) in [6.45, 7) is 4.73. The minimum absolute atomic E-state index is 0.380. The van der Waals surface area contributed by atoms with Crippen molar-refractivity contribution in [2.24, 2.45) is 0 Å². The molecule has 7 heteroatoms. The van der Waals surface area contributed by atoms with Crippen molar-refractivity contribution < 1.29 is 24.2 Å². The summed E-state index contributed by atoms with van der Waals surface area (Å²) in [5.74, 6) is -1.57. The van der Waals surface area contributed by atoms with E-state index in [9.17, 15) is 14.4 Å². The number of carboxylic acids is 1. The van der Waals surface area contributed by atoms with Crippen LogP contribution < -0.4 is 10.2 Å². The molecule has 2 amide bonds. The zero-order valence-electron chi connectivity index (χ0n) is 14.0. The number of nitrogens with zero attached hydrogens (tertiary/aromatic N) is 1. The first-order valence-electron chi connectivity index (χ1n) is 7.78. The van der Waals surface area contributed by atoms with E-state index in [0.29, 0.717) is 18.5 Å². The number of carboxylic acid groups (broad SMARTS) is 1. The van der Waals surface area contributed by atoms with Crippen LogP contribution in [0.4, 0.5) is 10.5 Å². The standard InChI is InChI=1S/C17H22N2O5/c1-17(2,3)24-16(23)18-12-9-8-11-6-4-5-7-13(11)19(15(12)22)10-14(20)21/h4-7,12H,8-10H2,1-3H3,(H,18,23)(H,20,21)/t12-/m1/s1. The van der Waals surface area contributed by atoms with Crippen LogP contribution in [0, 0.1) is 0 Å². The van der Waals surface area contributed by atoms with Gasteiger partial charge in [-0.3, -0.25) is 14.5 Å². The van der Waals surface area contributed by atoms with Gasteiger partial charge in [-0.1, -0.05) is 18.2 Å². The lowest BCUT2D eigenvalue weighted by Gasteiger charge is -2.26. The van der Waals surface area contributed by atoms with Crippen molar-refractivity contribution in [2.45, 2.75) is 45.3 Å². The van der Waals surface area contributed by atoms with Gasteiger partial charge in [-0.25, -0.2) is 4.79 Å². The number of benzene rings is 1. The molecule has 1 atom stereocenters. The number of nitrogens with one attached hydrogen (secondary N) is 1. The Morgan fingerprint density at radius 2 is 2.00 bits per heavy atom. The zero-order valence-corrected chi connectivity index (χ0v) is 14.0. The number of alkyl carbamates (subject to hydrolysis) is 1. The smallest absolute Gasteiger partial charge is 0.408 e. The summed E-state index contributed by atoms with van der Waals surface area (Å²) in [6, 6.07) is 6.33. The number of aliphatic carboxylic acids is 1. The molecule has 2 rings (SSSR count). The van der Waals surface area contributed by atoms with Crippen molar-refractivity contribution in [3.05, 3.63) is 29.8 Å². The summed E-state index contributed by atoms with van der Waals surface area (Å²) in [5, 5.41) is 11.7. The lowest BCUT2D eigenvalue weighted by Crippen LogP contribution is -2.50. The minimum atomic E-state index is -1.11. The molecule has 1 aliphatic rings. The highest BCUT2D eigenvalue weighted by molar-refractivity contribution is 6.02. The monoisotopic (exact) mass is 334 g/mol. The second-order valence-electron chi connectivity index (χ2n) is 6.68. The maximum atomic E-state index is 12.7. The van der Waals surface area contributed by atoms with Crippen molar-refractivity contribution in [3.63, 3.8) is 0 Å². The van der Waals surface area contributed by atoms with E-state index >= 15 is 0 Å². The van der Waals surface area contributed by atoms with Gasteiger partial charge in [0.1, 0.15) is 18.2 Å². The Morgan fingerprint density at radius 1 is 1.33 bits per heavy atom. The summed E-state index contributed by atoms with van der Waals surface area (Å²) in [7, 11) is 0. The van der Waals surface area contributed by atoms with Gasteiger partial charge in [0.2, 0.25) is 5.91 Å². The molecule has 0 spiro atoms. The average Bonchev–Trinajstić information content (AvgIpc) is 2.57. The van der Waals surface area contributed by atoms with Gasteiger partial charge in [0, 0.05) is 5.69 Å². The minimum Gasteiger partial charge on any atom is -0.480 e. The molecular formula is C17H22N2O5. The van der Waals surface area contributed by atoms with Crippen molar-refractivity contribution in [1.29, 1.82) is 0 Å². The summed E-state index contributed by atoms with van der Waals surface area (Å²) in [6.07, 6.45) is 0.242. The van der Waals surface area contributed by atoms with Crippen LogP contribution in [0.2, 0.25) is 0 Å². The van der Waals surface area contributed by atoms with Crippen LogP contribution in [0.15, 0.2) is 24.3 Å². The highest BCUT2D eigenvalue weighted by atomic mass is 16.6. The first-order chi connectivity index (χ1) is 11.2. The van der Waals surface area contributed by atoms with E-state index in [2.05, 4.69) is 5.32 Å². The summed E-state index contributed by atoms with van der Waals surface area (Å²) >= 11 is 0. The number of hydrogen-bond donors (Lipinski definition) is 2. The number of amides is 2. The summed E-state index contributed by atoms with van der Waals surface area (Å²) in [4.78, 5) is 37.1. The molecule has 0 radical (unpaired) electrons. The first-order valence-corrected chi connectivity index (χ1v) is 7.78. The fourth-order valence-electron chi connectivity index (χ4n) is 2.60. The molecule has 7 nitrogen and oxygen atoms in total.